The van der Waals surface area contributed by atoms with Gasteiger partial charge in [0.05, 0.1) is 0 Å². The van der Waals surface area contributed by atoms with Crippen LogP contribution < -0.4 is 0 Å². The molecule has 4 fully saturated rings. The number of fused-ring (bicyclic) bond motifs is 9. The van der Waals surface area contributed by atoms with Crippen LogP contribution in [0.1, 0.15) is 32.1 Å². The lowest BCUT2D eigenvalue weighted by atomic mass is 9.66. The Kier molecular flexibility index (Phi) is 3.72. The molecule has 8 unspecified atom stereocenters. The maximum Gasteiger partial charge on any atom is 0.477 e. The molecule has 24 heavy (non-hydrogen) atoms. The van der Waals surface area contributed by atoms with Crippen molar-refractivity contribution in [1.82, 2.24) is 0 Å². The fourth-order valence-corrected chi connectivity index (χ4v) is 6.36. The zero-order valence-electron chi connectivity index (χ0n) is 13.1. The molecule has 0 saturated heterocycles. The van der Waals surface area contributed by atoms with Gasteiger partial charge in [-0.3, -0.25) is 4.74 Å². The van der Waals surface area contributed by atoms with Crippen molar-refractivity contribution in [1.29, 1.82) is 0 Å². The van der Waals surface area contributed by atoms with Crippen molar-refractivity contribution in [2.45, 2.75) is 49.9 Å². The Morgan fingerprint density at radius 3 is 2.29 bits per heavy atom. The number of hydrogen-bond donors (Lipinski definition) is 1. The van der Waals surface area contributed by atoms with Gasteiger partial charge in [0.25, 0.3) is 0 Å². The molecule has 138 valence electrons. The molecule has 0 aromatic rings. The van der Waals surface area contributed by atoms with Gasteiger partial charge >= 0.3 is 12.2 Å². The van der Waals surface area contributed by atoms with Gasteiger partial charge in [-0.15, -0.1) is 0 Å². The maximum absolute atomic E-state index is 13.8. The van der Waals surface area contributed by atoms with Crippen LogP contribution in [0, 0.1) is 35.5 Å². The molecule has 4 bridgehead atoms. The molecule has 4 aliphatic rings. The lowest BCUT2D eigenvalue weighted by molar-refractivity contribution is -0.441. The summed E-state index contributed by atoms with van der Waals surface area (Å²) < 4.78 is 72.8. The fourth-order valence-electron chi connectivity index (χ4n) is 6.36. The van der Waals surface area contributed by atoms with Crippen molar-refractivity contribution in [2.75, 3.05) is 13.5 Å². The van der Waals surface area contributed by atoms with Gasteiger partial charge in [-0.25, -0.2) is 4.39 Å². The third kappa shape index (κ3) is 2.25. The van der Waals surface area contributed by atoms with Crippen LogP contribution in [0.2, 0.25) is 0 Å². The minimum Gasteiger partial charge on any atom is -0.346 e. The highest BCUT2D eigenvalue weighted by Gasteiger charge is 2.68. The zero-order chi connectivity index (χ0) is 17.3. The molecule has 0 radical (unpaired) electrons. The monoisotopic (exact) mass is 356 g/mol. The topological polar surface area (TPSA) is 38.7 Å². The molecular formula is C16H21F5O3. The molecule has 4 rings (SSSR count). The van der Waals surface area contributed by atoms with E-state index in [1.807, 2.05) is 0 Å². The van der Waals surface area contributed by atoms with Crippen molar-refractivity contribution in [3.63, 3.8) is 0 Å². The van der Waals surface area contributed by atoms with Gasteiger partial charge in [0, 0.05) is 0 Å². The van der Waals surface area contributed by atoms with E-state index >= 15 is 0 Å². The normalized spacial score (nSPS) is 48.8. The number of halogens is 5. The van der Waals surface area contributed by atoms with Crippen LogP contribution in [0.5, 0.6) is 0 Å². The summed E-state index contributed by atoms with van der Waals surface area (Å²) in [5.41, 5.74) is -1.20. The summed E-state index contributed by atoms with van der Waals surface area (Å²) in [5, 5.41) is 8.66. The van der Waals surface area contributed by atoms with Crippen LogP contribution in [0.3, 0.4) is 0 Å². The summed E-state index contributed by atoms with van der Waals surface area (Å²) in [6.07, 6.45) is -0.790. The average molecular weight is 356 g/mol. The van der Waals surface area contributed by atoms with Crippen LogP contribution in [0.4, 0.5) is 22.0 Å². The highest BCUT2D eigenvalue weighted by Crippen LogP contribution is 2.70. The number of rotatable bonds is 5. The van der Waals surface area contributed by atoms with Crippen LogP contribution in [0.15, 0.2) is 0 Å². The first-order valence-corrected chi connectivity index (χ1v) is 8.50. The molecule has 0 heterocycles. The summed E-state index contributed by atoms with van der Waals surface area (Å²) in [5.74, 6) is 2.49. The smallest absolute Gasteiger partial charge is 0.346 e. The molecule has 8 atom stereocenters. The zero-order valence-corrected chi connectivity index (χ0v) is 13.1. The van der Waals surface area contributed by atoms with Crippen LogP contribution in [-0.4, -0.2) is 36.4 Å². The van der Waals surface area contributed by atoms with E-state index in [9.17, 15) is 22.0 Å². The lowest BCUT2D eigenvalue weighted by Crippen LogP contribution is -2.50. The van der Waals surface area contributed by atoms with Gasteiger partial charge in [0.1, 0.15) is 12.3 Å². The standard InChI is InChI=1S/C16H21F5O3/c17-6-14(23-7-24-16(21,22)15(18,19)20)5-10-4-11(14)13-9-2-1-8(3-9)12(10)13/h8-13,22H,1-7H2. The number of aliphatic hydroxyl groups is 1. The molecule has 0 spiro atoms. The SMILES string of the molecule is OC(F)(OCOC1(CF)CC2CC1C1C3CCC(C3)C21)C(F)(F)F. The van der Waals surface area contributed by atoms with E-state index in [-0.39, 0.29) is 5.92 Å². The first kappa shape index (κ1) is 17.0. The second-order valence-corrected chi connectivity index (χ2v) is 7.96. The van der Waals surface area contributed by atoms with Gasteiger partial charge in [0.2, 0.25) is 0 Å². The Morgan fingerprint density at radius 2 is 1.67 bits per heavy atom. The van der Waals surface area contributed by atoms with E-state index in [2.05, 4.69) is 4.74 Å². The first-order valence-electron chi connectivity index (χ1n) is 8.50. The van der Waals surface area contributed by atoms with E-state index in [1.165, 1.54) is 12.8 Å². The molecule has 4 aliphatic carbocycles. The largest absolute Gasteiger partial charge is 0.477 e. The quantitative estimate of drug-likeness (QED) is 0.465. The molecule has 8 heteroatoms. The fraction of sp³-hybridized carbons (Fsp3) is 1.00. The van der Waals surface area contributed by atoms with Crippen molar-refractivity contribution in [2.24, 2.45) is 35.5 Å². The highest BCUT2D eigenvalue weighted by atomic mass is 19.4. The predicted molar refractivity (Wildman–Crippen MR) is 71.9 cm³/mol. The number of alkyl halides is 5. The van der Waals surface area contributed by atoms with E-state index in [1.54, 1.807) is 0 Å². The Balaban J connectivity index is 1.43. The lowest BCUT2D eigenvalue weighted by Gasteiger charge is -2.45. The minimum atomic E-state index is -5.58. The van der Waals surface area contributed by atoms with E-state index in [0.29, 0.717) is 36.0 Å². The van der Waals surface area contributed by atoms with E-state index in [0.717, 1.165) is 12.8 Å². The average Bonchev–Trinajstić information content (AvgIpc) is 3.23. The minimum absolute atomic E-state index is 0.0463. The molecule has 0 amide bonds. The third-order valence-corrected chi connectivity index (χ3v) is 7.07. The van der Waals surface area contributed by atoms with Gasteiger partial charge in [-0.05, 0) is 67.6 Å². The van der Waals surface area contributed by atoms with Crippen molar-refractivity contribution in [3.8, 4) is 0 Å². The van der Waals surface area contributed by atoms with Crippen molar-refractivity contribution < 1.29 is 36.5 Å². The van der Waals surface area contributed by atoms with Gasteiger partial charge in [0.15, 0.2) is 6.79 Å². The van der Waals surface area contributed by atoms with Crippen LogP contribution in [-0.2, 0) is 9.47 Å². The van der Waals surface area contributed by atoms with Crippen LogP contribution in [0.25, 0.3) is 0 Å². The van der Waals surface area contributed by atoms with E-state index in [4.69, 9.17) is 9.84 Å². The first-order chi connectivity index (χ1) is 11.2. The summed E-state index contributed by atoms with van der Waals surface area (Å²) >= 11 is 0. The summed E-state index contributed by atoms with van der Waals surface area (Å²) in [6, 6.07) is -4.78. The Morgan fingerprint density at radius 1 is 1.00 bits per heavy atom. The van der Waals surface area contributed by atoms with Gasteiger partial charge in [-0.2, -0.15) is 17.6 Å². The number of hydrogen-bond acceptors (Lipinski definition) is 3. The summed E-state index contributed by atoms with van der Waals surface area (Å²) in [6.45, 7) is -1.94. The molecule has 4 saturated carbocycles. The molecule has 0 aromatic carbocycles. The van der Waals surface area contributed by atoms with E-state index < -0.39 is 31.3 Å². The molecule has 1 N–H and O–H groups in total. The summed E-state index contributed by atoms with van der Waals surface area (Å²) in [4.78, 5) is 0. The maximum atomic E-state index is 13.8. The summed E-state index contributed by atoms with van der Waals surface area (Å²) in [7, 11) is 0. The molecule has 3 nitrogen and oxygen atoms in total. The predicted octanol–water partition coefficient (Wildman–Crippen LogP) is 3.57. The second kappa shape index (κ2) is 5.27. The second-order valence-electron chi connectivity index (χ2n) is 7.96. The van der Waals surface area contributed by atoms with Crippen molar-refractivity contribution >= 4 is 0 Å². The Labute approximate surface area is 136 Å². The van der Waals surface area contributed by atoms with Crippen molar-refractivity contribution in [3.05, 3.63) is 0 Å². The van der Waals surface area contributed by atoms with Crippen LogP contribution >= 0.6 is 0 Å². The Hall–Kier alpha value is -0.470. The number of ether oxygens (including phenoxy) is 2. The van der Waals surface area contributed by atoms with Gasteiger partial charge in [-0.1, -0.05) is 0 Å². The highest BCUT2D eigenvalue weighted by molar-refractivity contribution is 5.16. The molecule has 0 aliphatic heterocycles. The third-order valence-electron chi connectivity index (χ3n) is 7.07. The van der Waals surface area contributed by atoms with Gasteiger partial charge < -0.3 is 9.84 Å². The molecule has 0 aromatic heterocycles. The Bertz CT molecular complexity index is 510. The molecular weight excluding hydrogens is 335 g/mol.